The summed E-state index contributed by atoms with van der Waals surface area (Å²) in [6.45, 7) is 0. The number of amides is 1. The molecule has 1 fully saturated rings. The lowest BCUT2D eigenvalue weighted by atomic mass is 10.1. The standard InChI is InChI=1S/C15H14ClN3O/c16-13-6-10(7-14(17)19-13)15(20)18-12-8-11(12)9-4-2-1-3-5-9/h1-7,11-12H,8H2,(H2,17,19)(H,18,20). The Balaban J connectivity index is 1.66. The minimum absolute atomic E-state index is 0.163. The predicted molar refractivity (Wildman–Crippen MR) is 78.7 cm³/mol. The van der Waals surface area contributed by atoms with Crippen molar-refractivity contribution in [1.82, 2.24) is 10.3 Å². The van der Waals surface area contributed by atoms with Crippen LogP contribution in [0.15, 0.2) is 42.5 Å². The van der Waals surface area contributed by atoms with Crippen molar-refractivity contribution >= 4 is 23.3 Å². The third-order valence-corrected chi connectivity index (χ3v) is 3.60. The summed E-state index contributed by atoms with van der Waals surface area (Å²) in [5.74, 6) is 0.484. The molecule has 1 aromatic carbocycles. The number of carbonyl (C=O) groups excluding carboxylic acids is 1. The molecule has 0 bridgehead atoms. The number of carbonyl (C=O) groups is 1. The van der Waals surface area contributed by atoms with Crippen LogP contribution >= 0.6 is 11.6 Å². The number of hydrogen-bond donors (Lipinski definition) is 2. The maximum absolute atomic E-state index is 12.1. The van der Waals surface area contributed by atoms with E-state index in [-0.39, 0.29) is 22.9 Å². The summed E-state index contributed by atoms with van der Waals surface area (Å²) >= 11 is 5.80. The molecule has 2 unspecified atom stereocenters. The number of benzene rings is 1. The number of anilines is 1. The van der Waals surface area contributed by atoms with Gasteiger partial charge in [-0.25, -0.2) is 4.98 Å². The number of nitrogens with zero attached hydrogens (tertiary/aromatic N) is 1. The van der Waals surface area contributed by atoms with Crippen molar-refractivity contribution in [3.63, 3.8) is 0 Å². The quantitative estimate of drug-likeness (QED) is 0.853. The molecule has 1 saturated carbocycles. The molecule has 1 aliphatic carbocycles. The second kappa shape index (κ2) is 5.13. The molecule has 3 rings (SSSR count). The first kappa shape index (κ1) is 12.9. The highest BCUT2D eigenvalue weighted by Gasteiger charge is 2.39. The molecule has 20 heavy (non-hydrogen) atoms. The van der Waals surface area contributed by atoms with E-state index < -0.39 is 0 Å². The zero-order valence-electron chi connectivity index (χ0n) is 10.7. The van der Waals surface area contributed by atoms with Crippen LogP contribution in [-0.2, 0) is 0 Å². The van der Waals surface area contributed by atoms with E-state index in [1.54, 1.807) is 0 Å². The first-order valence-corrected chi connectivity index (χ1v) is 6.80. The second-order valence-corrected chi connectivity index (χ2v) is 5.32. The summed E-state index contributed by atoms with van der Waals surface area (Å²) in [6.07, 6.45) is 0.962. The van der Waals surface area contributed by atoms with Gasteiger partial charge >= 0.3 is 0 Å². The Labute approximate surface area is 122 Å². The van der Waals surface area contributed by atoms with E-state index in [0.29, 0.717) is 11.5 Å². The molecule has 2 atom stereocenters. The Bertz CT molecular complexity index is 625. The van der Waals surface area contributed by atoms with E-state index >= 15 is 0 Å². The zero-order valence-corrected chi connectivity index (χ0v) is 11.5. The SMILES string of the molecule is Nc1cc(C(=O)NC2CC2c2ccccc2)cc(Cl)n1. The number of hydrogen-bond acceptors (Lipinski definition) is 3. The second-order valence-electron chi connectivity index (χ2n) is 4.94. The Morgan fingerprint density at radius 2 is 2.05 bits per heavy atom. The van der Waals surface area contributed by atoms with Crippen molar-refractivity contribution in [1.29, 1.82) is 0 Å². The Kier molecular flexibility index (Phi) is 3.32. The highest BCUT2D eigenvalue weighted by atomic mass is 35.5. The van der Waals surface area contributed by atoms with Crippen molar-refractivity contribution in [3.8, 4) is 0 Å². The average molecular weight is 288 g/mol. The molecule has 0 spiro atoms. The molecule has 3 N–H and O–H groups in total. The summed E-state index contributed by atoms with van der Waals surface area (Å²) in [5, 5.41) is 3.22. The van der Waals surface area contributed by atoms with Crippen LogP contribution < -0.4 is 11.1 Å². The third kappa shape index (κ3) is 2.75. The monoisotopic (exact) mass is 287 g/mol. The molecule has 2 aromatic rings. The van der Waals surface area contributed by atoms with Crippen LogP contribution in [0, 0.1) is 0 Å². The van der Waals surface area contributed by atoms with E-state index in [9.17, 15) is 4.79 Å². The maximum atomic E-state index is 12.1. The average Bonchev–Trinajstić information content (AvgIpc) is 3.18. The molecule has 5 heteroatoms. The van der Waals surface area contributed by atoms with Crippen molar-refractivity contribution in [2.24, 2.45) is 0 Å². The number of nitrogens with two attached hydrogens (primary N) is 1. The fraction of sp³-hybridized carbons (Fsp3) is 0.200. The smallest absolute Gasteiger partial charge is 0.251 e. The summed E-state index contributed by atoms with van der Waals surface area (Å²) < 4.78 is 0. The minimum atomic E-state index is -0.163. The third-order valence-electron chi connectivity index (χ3n) is 3.41. The molecular weight excluding hydrogens is 274 g/mol. The van der Waals surface area contributed by atoms with Crippen LogP contribution in [-0.4, -0.2) is 16.9 Å². The lowest BCUT2D eigenvalue weighted by molar-refractivity contribution is 0.0950. The van der Waals surface area contributed by atoms with E-state index in [0.717, 1.165) is 6.42 Å². The predicted octanol–water partition coefficient (Wildman–Crippen LogP) is 2.60. The summed E-state index contributed by atoms with van der Waals surface area (Å²) in [5.41, 5.74) is 7.29. The maximum Gasteiger partial charge on any atom is 0.251 e. The van der Waals surface area contributed by atoms with E-state index in [2.05, 4.69) is 22.4 Å². The van der Waals surface area contributed by atoms with Crippen LogP contribution in [0.4, 0.5) is 5.82 Å². The van der Waals surface area contributed by atoms with E-state index in [4.69, 9.17) is 17.3 Å². The van der Waals surface area contributed by atoms with Gasteiger partial charge in [0.05, 0.1) is 0 Å². The number of pyridine rings is 1. The molecular formula is C15H14ClN3O. The topological polar surface area (TPSA) is 68.0 Å². The van der Waals surface area contributed by atoms with Crippen molar-refractivity contribution in [2.45, 2.75) is 18.4 Å². The van der Waals surface area contributed by atoms with Gasteiger partial charge < -0.3 is 11.1 Å². The number of aromatic nitrogens is 1. The summed E-state index contributed by atoms with van der Waals surface area (Å²) in [7, 11) is 0. The van der Waals surface area contributed by atoms with Crippen molar-refractivity contribution in [3.05, 3.63) is 58.7 Å². The van der Waals surface area contributed by atoms with Crippen LogP contribution in [0.2, 0.25) is 5.15 Å². The fourth-order valence-electron chi connectivity index (χ4n) is 2.32. The summed E-state index contributed by atoms with van der Waals surface area (Å²) in [4.78, 5) is 16.0. The molecule has 102 valence electrons. The van der Waals surface area contributed by atoms with Crippen LogP contribution in [0.25, 0.3) is 0 Å². The first-order valence-electron chi connectivity index (χ1n) is 6.42. The molecule has 1 aromatic heterocycles. The van der Waals surface area contributed by atoms with Crippen molar-refractivity contribution in [2.75, 3.05) is 5.73 Å². The normalized spacial score (nSPS) is 20.4. The van der Waals surface area contributed by atoms with Gasteiger partial charge in [0.15, 0.2) is 0 Å². The molecule has 4 nitrogen and oxygen atoms in total. The highest BCUT2D eigenvalue weighted by molar-refractivity contribution is 6.29. The van der Waals surface area contributed by atoms with E-state index in [1.165, 1.54) is 17.7 Å². The number of nitrogen functional groups attached to an aromatic ring is 1. The zero-order chi connectivity index (χ0) is 14.1. The number of rotatable bonds is 3. The largest absolute Gasteiger partial charge is 0.384 e. The lowest BCUT2D eigenvalue weighted by Gasteiger charge is -2.06. The minimum Gasteiger partial charge on any atom is -0.384 e. The van der Waals surface area contributed by atoms with Gasteiger partial charge in [0.25, 0.3) is 5.91 Å². The molecule has 0 aliphatic heterocycles. The highest BCUT2D eigenvalue weighted by Crippen LogP contribution is 2.40. The Morgan fingerprint density at radius 3 is 2.75 bits per heavy atom. The fourth-order valence-corrected chi connectivity index (χ4v) is 2.54. The van der Waals surface area contributed by atoms with Gasteiger partial charge in [-0.3, -0.25) is 4.79 Å². The molecule has 0 saturated heterocycles. The van der Waals surface area contributed by atoms with E-state index in [1.807, 2.05) is 18.2 Å². The van der Waals surface area contributed by atoms with Crippen LogP contribution in [0.5, 0.6) is 0 Å². The molecule has 1 heterocycles. The van der Waals surface area contributed by atoms with Crippen LogP contribution in [0.3, 0.4) is 0 Å². The van der Waals surface area contributed by atoms with Gasteiger partial charge in [-0.1, -0.05) is 41.9 Å². The Morgan fingerprint density at radius 1 is 1.30 bits per heavy atom. The first-order chi connectivity index (χ1) is 9.63. The van der Waals surface area contributed by atoms with Gasteiger partial charge in [-0.15, -0.1) is 0 Å². The van der Waals surface area contributed by atoms with Crippen molar-refractivity contribution < 1.29 is 4.79 Å². The molecule has 1 amide bonds. The van der Waals surface area contributed by atoms with Gasteiger partial charge in [-0.2, -0.15) is 0 Å². The van der Waals surface area contributed by atoms with Crippen LogP contribution in [0.1, 0.15) is 28.3 Å². The summed E-state index contributed by atoms with van der Waals surface area (Å²) in [6, 6.07) is 13.4. The number of halogens is 1. The molecule has 0 radical (unpaired) electrons. The van der Waals surface area contributed by atoms with Gasteiger partial charge in [-0.05, 0) is 24.1 Å². The van der Waals surface area contributed by atoms with Gasteiger partial charge in [0.2, 0.25) is 0 Å². The number of nitrogens with one attached hydrogen (secondary N) is 1. The Hall–Kier alpha value is -2.07. The van der Waals surface area contributed by atoms with Gasteiger partial charge in [0.1, 0.15) is 11.0 Å². The lowest BCUT2D eigenvalue weighted by Crippen LogP contribution is -2.26. The van der Waals surface area contributed by atoms with Gasteiger partial charge in [0, 0.05) is 17.5 Å². The molecule has 1 aliphatic rings.